The van der Waals surface area contributed by atoms with Crippen molar-refractivity contribution in [1.82, 2.24) is 36.8 Å². The van der Waals surface area contributed by atoms with Crippen molar-refractivity contribution in [2.24, 2.45) is 5.73 Å². The van der Waals surface area contributed by atoms with Gasteiger partial charge in [-0.2, -0.15) is 11.8 Å². The fourth-order valence-corrected chi connectivity index (χ4v) is 7.73. The van der Waals surface area contributed by atoms with Crippen LogP contribution in [0.25, 0.3) is 0 Å². The van der Waals surface area contributed by atoms with Crippen molar-refractivity contribution in [1.29, 1.82) is 0 Å². The van der Waals surface area contributed by atoms with Gasteiger partial charge in [0.2, 0.25) is 41.4 Å². The molecule has 0 bridgehead atoms. The number of amides is 7. The van der Waals surface area contributed by atoms with Crippen LogP contribution in [0.2, 0.25) is 0 Å². The summed E-state index contributed by atoms with van der Waals surface area (Å²) in [5.74, 6) is -15.7. The zero-order valence-corrected chi connectivity index (χ0v) is 40.4. The Kier molecular flexibility index (Phi) is 26.2. The quantitative estimate of drug-likeness (QED) is 0.0334. The average Bonchev–Trinajstić information content (AvgIpc) is 3.82. The number of carboxylic acids is 6. The lowest BCUT2D eigenvalue weighted by Crippen LogP contribution is -2.60. The van der Waals surface area contributed by atoms with Gasteiger partial charge in [0.05, 0.1) is 6.04 Å². The molecule has 29 heteroatoms. The number of likely N-dealkylation sites (tertiary alicyclic amines) is 1. The molecule has 1 aliphatic heterocycles. The number of aliphatic carboxylic acids is 6. The monoisotopic (exact) mass is 1050 g/mol. The third-order valence-electron chi connectivity index (χ3n) is 11.2. The topological polar surface area (TPSA) is 465 Å². The zero-order chi connectivity index (χ0) is 54.9. The fourth-order valence-electron chi connectivity index (χ4n) is 7.26. The Morgan fingerprint density at radius 3 is 1.36 bits per heavy atom. The van der Waals surface area contributed by atoms with Gasteiger partial charge in [-0.3, -0.25) is 57.5 Å². The number of thioether (sulfide) groups is 1. The lowest BCUT2D eigenvalue weighted by atomic mass is 10.0. The van der Waals surface area contributed by atoms with Crippen molar-refractivity contribution in [2.45, 2.75) is 138 Å². The molecular formula is C44H62N8O20S. The van der Waals surface area contributed by atoms with E-state index < -0.39 is 183 Å². The van der Waals surface area contributed by atoms with Crippen LogP contribution < -0.4 is 37.6 Å². The maximum absolute atomic E-state index is 14.5. The van der Waals surface area contributed by atoms with E-state index in [1.54, 1.807) is 6.26 Å². The molecule has 0 radical (unpaired) electrons. The molecule has 8 atom stereocenters. The number of carbonyl (C=O) groups is 13. The number of nitrogens with one attached hydrogen (secondary N) is 6. The van der Waals surface area contributed by atoms with Crippen LogP contribution >= 0.6 is 11.8 Å². The van der Waals surface area contributed by atoms with E-state index in [1.165, 1.54) is 36.0 Å². The summed E-state index contributed by atoms with van der Waals surface area (Å²) in [6, 6.07) is -7.38. The van der Waals surface area contributed by atoms with Crippen LogP contribution in [0, 0.1) is 0 Å². The van der Waals surface area contributed by atoms with Crippen LogP contribution in [0.3, 0.4) is 0 Å². The summed E-state index contributed by atoms with van der Waals surface area (Å²) >= 11 is 1.29. The van der Waals surface area contributed by atoms with Gasteiger partial charge in [0.15, 0.2) is 0 Å². The largest absolute Gasteiger partial charge is 0.508 e. The molecule has 0 aromatic heterocycles. The molecule has 7 amide bonds. The Bertz CT molecular complexity index is 2180. The number of benzene rings is 1. The molecule has 404 valence electrons. The number of rotatable bonds is 34. The minimum atomic E-state index is -1.85. The van der Waals surface area contributed by atoms with Gasteiger partial charge in [0.1, 0.15) is 48.0 Å². The van der Waals surface area contributed by atoms with E-state index >= 15 is 0 Å². The van der Waals surface area contributed by atoms with Crippen LogP contribution in [0.4, 0.5) is 0 Å². The Labute approximate surface area is 420 Å². The normalized spacial score (nSPS) is 15.9. The van der Waals surface area contributed by atoms with Crippen LogP contribution in [-0.4, -0.2) is 185 Å². The Morgan fingerprint density at radius 1 is 0.548 bits per heavy atom. The van der Waals surface area contributed by atoms with E-state index in [0.717, 1.165) is 4.90 Å². The highest BCUT2D eigenvalue weighted by molar-refractivity contribution is 7.98. The van der Waals surface area contributed by atoms with Gasteiger partial charge in [0.25, 0.3) is 0 Å². The molecule has 1 fully saturated rings. The Hall–Kier alpha value is -7.56. The van der Waals surface area contributed by atoms with E-state index in [9.17, 15) is 87.9 Å². The molecule has 28 nitrogen and oxygen atoms in total. The molecule has 15 N–H and O–H groups in total. The number of hydrogen-bond acceptors (Lipinski definition) is 16. The van der Waals surface area contributed by atoms with Gasteiger partial charge in [0, 0.05) is 45.1 Å². The smallest absolute Gasteiger partial charge is 0.326 e. The summed E-state index contributed by atoms with van der Waals surface area (Å²) in [6.07, 6.45) is -4.56. The number of hydrogen-bond donors (Lipinski definition) is 14. The molecule has 1 aliphatic rings. The molecule has 2 rings (SSSR count). The first-order chi connectivity index (χ1) is 34.3. The van der Waals surface area contributed by atoms with Crippen molar-refractivity contribution < 1.29 is 98.1 Å². The minimum absolute atomic E-state index is 0.0126. The standard InChI is InChI=1S/C44H62N8O20S/c1-73-20-18-28(41(68)50-29(44(71)72)12-17-36(62)63)49-42(69)31-3-2-19-52(31)43(70)30(21-22-4-6-23(53)7-5-22)51-40(67)27(11-16-35(60)61)48-39(66)26(10-15-34(58)59)47-38(65)25(9-14-33(56)57)46-37(64)24(45)8-13-32(54)55/h4-7,24-31,53H,2-3,8-21,45H2,1H3,(H,46,64)(H,47,65)(H,48,66)(H,49,69)(H,50,68)(H,51,67)(H,54,55)(H,56,57)(H,58,59)(H,60,61)(H,62,63)(H,71,72)/t24-,25-,26-,27-,28-,29-,30-,31-/m0/s1. The third-order valence-corrected chi connectivity index (χ3v) is 11.8. The van der Waals surface area contributed by atoms with Crippen LogP contribution in [0.1, 0.15) is 89.0 Å². The van der Waals surface area contributed by atoms with E-state index in [1.807, 2.05) is 0 Å². The molecule has 1 aromatic carbocycles. The Morgan fingerprint density at radius 2 is 0.932 bits per heavy atom. The molecule has 0 aliphatic carbocycles. The predicted molar refractivity (Wildman–Crippen MR) is 251 cm³/mol. The SMILES string of the molecule is CSCC[C@H](NC(=O)[C@@H]1CCCN1C(=O)[C@H](Cc1ccc(O)cc1)NC(=O)[C@H](CCC(=O)O)NC(=O)[C@H](CCC(=O)O)NC(=O)[C@H](CCC(=O)O)NC(=O)[C@@H](N)CCC(=O)O)C(=O)N[C@@H](CCC(=O)O)C(=O)O. The average molecular weight is 1060 g/mol. The lowest BCUT2D eigenvalue weighted by molar-refractivity contribution is -0.144. The van der Waals surface area contributed by atoms with E-state index in [4.69, 9.17) is 15.9 Å². The van der Waals surface area contributed by atoms with Crippen molar-refractivity contribution >= 4 is 88.9 Å². The van der Waals surface area contributed by atoms with Gasteiger partial charge in [-0.15, -0.1) is 0 Å². The minimum Gasteiger partial charge on any atom is -0.508 e. The molecule has 0 saturated carbocycles. The van der Waals surface area contributed by atoms with Gasteiger partial charge in [-0.25, -0.2) is 4.79 Å². The number of aromatic hydroxyl groups is 1. The summed E-state index contributed by atoms with van der Waals surface area (Å²) in [5.41, 5.74) is 6.09. The summed E-state index contributed by atoms with van der Waals surface area (Å²) in [5, 5.41) is 79.7. The summed E-state index contributed by atoms with van der Waals surface area (Å²) in [4.78, 5) is 166. The van der Waals surface area contributed by atoms with Crippen LogP contribution in [-0.2, 0) is 68.7 Å². The molecule has 1 heterocycles. The molecule has 1 saturated heterocycles. The first kappa shape index (κ1) is 61.6. The van der Waals surface area contributed by atoms with Crippen molar-refractivity contribution in [3.05, 3.63) is 29.8 Å². The van der Waals surface area contributed by atoms with Crippen molar-refractivity contribution in [2.75, 3.05) is 18.6 Å². The van der Waals surface area contributed by atoms with Gasteiger partial charge >= 0.3 is 35.8 Å². The number of carbonyl (C=O) groups excluding carboxylic acids is 7. The maximum atomic E-state index is 14.5. The third kappa shape index (κ3) is 22.6. The second kappa shape index (κ2) is 31.0. The second-order valence-electron chi connectivity index (χ2n) is 16.8. The fraction of sp³-hybridized carbons (Fsp3) is 0.568. The highest BCUT2D eigenvalue weighted by atomic mass is 32.2. The zero-order valence-electron chi connectivity index (χ0n) is 39.6. The van der Waals surface area contributed by atoms with Gasteiger partial charge in [-0.1, -0.05) is 12.1 Å². The first-order valence-electron chi connectivity index (χ1n) is 22.8. The maximum Gasteiger partial charge on any atom is 0.326 e. The van der Waals surface area contributed by atoms with Crippen molar-refractivity contribution in [3.63, 3.8) is 0 Å². The molecule has 0 spiro atoms. The van der Waals surface area contributed by atoms with Crippen LogP contribution in [0.15, 0.2) is 24.3 Å². The van der Waals surface area contributed by atoms with Crippen LogP contribution in [0.5, 0.6) is 5.75 Å². The summed E-state index contributed by atoms with van der Waals surface area (Å²) < 4.78 is 0. The molecule has 73 heavy (non-hydrogen) atoms. The number of carboxylic acid groups (broad SMARTS) is 6. The number of phenolic OH excluding ortho intramolecular Hbond substituents is 1. The number of nitrogens with zero attached hydrogens (tertiary/aromatic N) is 1. The van der Waals surface area contributed by atoms with E-state index in [-0.39, 0.29) is 44.4 Å². The highest BCUT2D eigenvalue weighted by Gasteiger charge is 2.40. The number of phenols is 1. The lowest BCUT2D eigenvalue weighted by Gasteiger charge is -2.31. The van der Waals surface area contributed by atoms with Gasteiger partial charge < -0.3 is 78.3 Å². The van der Waals surface area contributed by atoms with Gasteiger partial charge in [-0.05, 0) is 81.1 Å². The summed E-state index contributed by atoms with van der Waals surface area (Å²) in [7, 11) is 0. The van der Waals surface area contributed by atoms with Crippen molar-refractivity contribution in [3.8, 4) is 5.75 Å². The summed E-state index contributed by atoms with van der Waals surface area (Å²) in [6.45, 7) is -0.0663. The molecule has 1 aromatic rings. The first-order valence-corrected chi connectivity index (χ1v) is 24.2. The Balaban J connectivity index is 2.49. The molecule has 0 unspecified atom stereocenters. The predicted octanol–water partition coefficient (Wildman–Crippen LogP) is -2.68. The van der Waals surface area contributed by atoms with E-state index in [0.29, 0.717) is 11.3 Å². The molecular weight excluding hydrogens is 993 g/mol. The number of nitrogens with two attached hydrogens (primary N) is 1. The van der Waals surface area contributed by atoms with E-state index in [2.05, 4.69) is 31.9 Å². The highest BCUT2D eigenvalue weighted by Crippen LogP contribution is 2.22. The second-order valence-corrected chi connectivity index (χ2v) is 17.8.